The van der Waals surface area contributed by atoms with E-state index in [9.17, 15) is 4.79 Å². The number of rotatable bonds is 6. The van der Waals surface area contributed by atoms with Crippen LogP contribution in [0.3, 0.4) is 0 Å². The van der Waals surface area contributed by atoms with E-state index in [1.54, 1.807) is 51.6 Å². The molecule has 1 amide bonds. The molecule has 10 nitrogen and oxygen atoms in total. The monoisotopic (exact) mass is 447 g/mol. The van der Waals surface area contributed by atoms with Crippen LogP contribution in [0, 0.1) is 0 Å². The number of amides is 1. The summed E-state index contributed by atoms with van der Waals surface area (Å²) in [5.74, 6) is 0.614. The summed E-state index contributed by atoms with van der Waals surface area (Å²) in [6.45, 7) is 0. The van der Waals surface area contributed by atoms with E-state index in [4.69, 9.17) is 20.3 Å². The molecule has 0 aliphatic carbocycles. The summed E-state index contributed by atoms with van der Waals surface area (Å²) in [7, 11) is 6.76. The van der Waals surface area contributed by atoms with Crippen molar-refractivity contribution in [2.75, 3.05) is 39.5 Å². The number of nitrogens with zero attached hydrogens (tertiary/aromatic N) is 5. The molecule has 0 radical (unpaired) electrons. The van der Waals surface area contributed by atoms with Crippen LogP contribution in [-0.4, -0.2) is 59.9 Å². The molecule has 0 saturated carbocycles. The second kappa shape index (κ2) is 9.13. The van der Waals surface area contributed by atoms with E-state index in [2.05, 4.69) is 15.6 Å². The van der Waals surface area contributed by atoms with E-state index in [0.717, 1.165) is 16.8 Å². The number of hydrogen-bond acceptors (Lipinski definition) is 9. The zero-order chi connectivity index (χ0) is 23.5. The summed E-state index contributed by atoms with van der Waals surface area (Å²) in [5, 5.41) is 6.15. The minimum atomic E-state index is -0.638. The van der Waals surface area contributed by atoms with E-state index in [1.165, 1.54) is 4.90 Å². The van der Waals surface area contributed by atoms with Crippen molar-refractivity contribution in [1.29, 1.82) is 0 Å². The number of ether oxygens (including phenoxy) is 1. The second-order valence-electron chi connectivity index (χ2n) is 7.64. The van der Waals surface area contributed by atoms with Crippen LogP contribution in [0.25, 0.3) is 11.3 Å². The topological polar surface area (TPSA) is 118 Å². The molecule has 1 aliphatic heterocycles. The summed E-state index contributed by atoms with van der Waals surface area (Å²) in [5.41, 5.74) is 12.9. The Kier molecular flexibility index (Phi) is 6.09. The molecule has 33 heavy (non-hydrogen) atoms. The van der Waals surface area contributed by atoms with Gasteiger partial charge in [0.1, 0.15) is 5.69 Å². The van der Waals surface area contributed by atoms with Crippen molar-refractivity contribution in [3.05, 3.63) is 71.5 Å². The van der Waals surface area contributed by atoms with Gasteiger partial charge in [0.05, 0.1) is 24.7 Å². The minimum absolute atomic E-state index is 0.0685. The molecular weight excluding hydrogens is 422 g/mol. The van der Waals surface area contributed by atoms with Crippen LogP contribution in [0.5, 0.6) is 0 Å². The molecule has 1 unspecified atom stereocenters. The van der Waals surface area contributed by atoms with Crippen LogP contribution in [0.15, 0.2) is 59.8 Å². The normalized spacial score (nSPS) is 15.1. The predicted molar refractivity (Wildman–Crippen MR) is 125 cm³/mol. The van der Waals surface area contributed by atoms with Crippen molar-refractivity contribution in [1.82, 2.24) is 19.9 Å². The van der Waals surface area contributed by atoms with Crippen LogP contribution in [-0.2, 0) is 9.57 Å². The highest BCUT2D eigenvalue weighted by atomic mass is 16.6. The Labute approximate surface area is 191 Å². The van der Waals surface area contributed by atoms with Crippen LogP contribution in [0.4, 0.5) is 11.5 Å². The third-order valence-electron chi connectivity index (χ3n) is 5.04. The molecule has 4 rings (SSSR count). The molecule has 0 spiro atoms. The van der Waals surface area contributed by atoms with Gasteiger partial charge in [-0.15, -0.1) is 5.10 Å². The lowest BCUT2D eigenvalue weighted by Gasteiger charge is -2.19. The number of anilines is 2. The number of hydrogen-bond donors (Lipinski definition) is 2. The van der Waals surface area contributed by atoms with Gasteiger partial charge in [-0.1, -0.05) is 18.2 Å². The van der Waals surface area contributed by atoms with Gasteiger partial charge in [-0.2, -0.15) is 0 Å². The maximum atomic E-state index is 12.1. The van der Waals surface area contributed by atoms with Gasteiger partial charge in [-0.25, -0.2) is 9.97 Å². The van der Waals surface area contributed by atoms with Gasteiger partial charge < -0.3 is 15.4 Å². The first-order valence-corrected chi connectivity index (χ1v) is 10.2. The molecule has 0 fully saturated rings. The second-order valence-corrected chi connectivity index (χ2v) is 7.64. The van der Waals surface area contributed by atoms with Crippen molar-refractivity contribution in [3.8, 4) is 11.3 Å². The number of carbonyl (C=O) groups excluding carboxylic acids is 1. The van der Waals surface area contributed by atoms with Crippen molar-refractivity contribution in [2.45, 2.75) is 6.23 Å². The standard InChI is InChI=1S/C23H25N7O3/c1-29(2)22(31)15-10-8-14(9-11-15)18-13-25-20(24)19(26-18)23-30(3)27-21(33-23)16-6-5-7-17(12-16)28-32-4/h5-13,23,28H,1-4H3,(H2,24,25). The molecule has 1 aromatic heterocycles. The summed E-state index contributed by atoms with van der Waals surface area (Å²) in [6.07, 6.45) is 0.958. The zero-order valence-corrected chi connectivity index (χ0v) is 18.8. The molecule has 1 atom stereocenters. The van der Waals surface area contributed by atoms with Gasteiger partial charge in [-0.3, -0.25) is 20.1 Å². The Bertz CT molecular complexity index is 1190. The van der Waals surface area contributed by atoms with Crippen molar-refractivity contribution < 1.29 is 14.4 Å². The molecule has 2 aromatic carbocycles. The first-order chi connectivity index (χ1) is 15.9. The zero-order valence-electron chi connectivity index (χ0n) is 18.8. The van der Waals surface area contributed by atoms with Gasteiger partial charge in [0.25, 0.3) is 5.91 Å². The smallest absolute Gasteiger partial charge is 0.253 e. The molecular formula is C23H25N7O3. The lowest BCUT2D eigenvalue weighted by molar-refractivity contribution is 0.0744. The highest BCUT2D eigenvalue weighted by Crippen LogP contribution is 2.32. The highest BCUT2D eigenvalue weighted by molar-refractivity contribution is 5.96. The molecule has 170 valence electrons. The molecule has 0 saturated heterocycles. The Hall–Kier alpha value is -4.18. The minimum Gasteiger partial charge on any atom is -0.444 e. The fraction of sp³-hybridized carbons (Fsp3) is 0.217. The Morgan fingerprint density at radius 1 is 1.18 bits per heavy atom. The summed E-state index contributed by atoms with van der Waals surface area (Å²) in [6, 6.07) is 14.7. The van der Waals surface area contributed by atoms with E-state index in [0.29, 0.717) is 22.8 Å². The maximum Gasteiger partial charge on any atom is 0.253 e. The third kappa shape index (κ3) is 4.55. The molecule has 0 bridgehead atoms. The fourth-order valence-electron chi connectivity index (χ4n) is 3.37. The van der Waals surface area contributed by atoms with Crippen LogP contribution < -0.4 is 11.2 Å². The summed E-state index contributed by atoms with van der Waals surface area (Å²) >= 11 is 0. The molecule has 2 heterocycles. The number of benzene rings is 2. The molecule has 10 heteroatoms. The number of hydrazone groups is 1. The third-order valence-corrected chi connectivity index (χ3v) is 5.04. The lowest BCUT2D eigenvalue weighted by Crippen LogP contribution is -2.21. The van der Waals surface area contributed by atoms with Crippen LogP contribution in [0.1, 0.15) is 27.8 Å². The van der Waals surface area contributed by atoms with Crippen LogP contribution in [0.2, 0.25) is 0 Å². The summed E-state index contributed by atoms with van der Waals surface area (Å²) < 4.78 is 6.10. The van der Waals surface area contributed by atoms with Gasteiger partial charge in [0.2, 0.25) is 12.1 Å². The van der Waals surface area contributed by atoms with Gasteiger partial charge in [-0.05, 0) is 30.3 Å². The Balaban J connectivity index is 1.59. The Morgan fingerprint density at radius 2 is 1.94 bits per heavy atom. The van der Waals surface area contributed by atoms with E-state index < -0.39 is 6.23 Å². The molecule has 3 N–H and O–H groups in total. The number of nitrogens with one attached hydrogen (secondary N) is 1. The van der Waals surface area contributed by atoms with Gasteiger partial charge in [0.15, 0.2) is 5.82 Å². The number of nitrogen functional groups attached to an aromatic ring is 1. The van der Waals surface area contributed by atoms with E-state index >= 15 is 0 Å². The Morgan fingerprint density at radius 3 is 2.64 bits per heavy atom. The lowest BCUT2D eigenvalue weighted by atomic mass is 10.1. The first-order valence-electron chi connectivity index (χ1n) is 10.2. The molecule has 1 aliphatic rings. The summed E-state index contributed by atoms with van der Waals surface area (Å²) in [4.78, 5) is 27.7. The van der Waals surface area contributed by atoms with Crippen molar-refractivity contribution >= 4 is 23.3 Å². The average molecular weight is 447 g/mol. The van der Waals surface area contributed by atoms with Crippen molar-refractivity contribution in [3.63, 3.8) is 0 Å². The number of aromatic nitrogens is 2. The quantitative estimate of drug-likeness (QED) is 0.554. The van der Waals surface area contributed by atoms with E-state index in [1.807, 2.05) is 36.4 Å². The highest BCUT2D eigenvalue weighted by Gasteiger charge is 2.31. The van der Waals surface area contributed by atoms with Crippen LogP contribution >= 0.6 is 0 Å². The van der Waals surface area contributed by atoms with Gasteiger partial charge >= 0.3 is 0 Å². The largest absolute Gasteiger partial charge is 0.444 e. The van der Waals surface area contributed by atoms with E-state index in [-0.39, 0.29) is 11.7 Å². The average Bonchev–Trinajstić information content (AvgIpc) is 3.21. The number of carbonyl (C=O) groups is 1. The fourth-order valence-corrected chi connectivity index (χ4v) is 3.37. The first kappa shape index (κ1) is 22.0. The number of nitrogens with two attached hydrogens (primary N) is 1. The maximum absolute atomic E-state index is 12.1. The SMILES string of the molecule is CONc1cccc(C2=NN(C)C(c3nc(-c4ccc(C(=O)N(C)C)cc4)cnc3N)O2)c1. The predicted octanol–water partition coefficient (Wildman–Crippen LogP) is 2.72. The van der Waals surface area contributed by atoms with Gasteiger partial charge in [0, 0.05) is 37.8 Å². The molecule has 3 aromatic rings. The van der Waals surface area contributed by atoms with Crippen molar-refractivity contribution in [2.24, 2.45) is 5.10 Å².